The maximum atomic E-state index is 12.2. The number of aromatic nitrogens is 1. The Bertz CT molecular complexity index is 740. The average molecular weight is 345 g/mol. The first-order valence-corrected chi connectivity index (χ1v) is 8.77. The van der Waals surface area contributed by atoms with Crippen LogP contribution in [0.15, 0.2) is 24.3 Å². The smallest absolute Gasteiger partial charge is 0.263 e. The van der Waals surface area contributed by atoms with Crippen LogP contribution in [0.3, 0.4) is 0 Å². The second-order valence-electron chi connectivity index (χ2n) is 5.46. The quantitative estimate of drug-likeness (QED) is 0.872. The average Bonchev–Trinajstić information content (AvgIpc) is 2.88. The molecule has 0 aliphatic carbocycles. The number of amides is 2. The van der Waals surface area contributed by atoms with Crippen LogP contribution in [0.2, 0.25) is 0 Å². The summed E-state index contributed by atoms with van der Waals surface area (Å²) in [5.41, 5.74) is 1.66. The highest BCUT2D eigenvalue weighted by Crippen LogP contribution is 2.25. The molecule has 0 atom stereocenters. The molecule has 1 aliphatic rings. The summed E-state index contributed by atoms with van der Waals surface area (Å²) in [6, 6.07) is 7.44. The molecule has 2 aromatic rings. The predicted molar refractivity (Wildman–Crippen MR) is 92.7 cm³/mol. The summed E-state index contributed by atoms with van der Waals surface area (Å²) >= 11 is 1.23. The zero-order chi connectivity index (χ0) is 16.9. The number of anilines is 1. The predicted octanol–water partition coefficient (Wildman–Crippen LogP) is 2.40. The molecule has 6 nitrogen and oxygen atoms in total. The van der Waals surface area contributed by atoms with Crippen molar-refractivity contribution in [2.24, 2.45) is 0 Å². The van der Waals surface area contributed by atoms with Gasteiger partial charge in [-0.1, -0.05) is 23.5 Å². The molecule has 0 saturated heterocycles. The number of hydrogen-bond acceptors (Lipinski definition) is 5. The van der Waals surface area contributed by atoms with Crippen LogP contribution in [-0.4, -0.2) is 29.9 Å². The first-order chi connectivity index (χ1) is 11.7. The van der Waals surface area contributed by atoms with Crippen LogP contribution in [0.4, 0.5) is 5.13 Å². The largest absolute Gasteiger partial charge is 0.494 e. The van der Waals surface area contributed by atoms with Crippen molar-refractivity contribution >= 4 is 28.3 Å². The molecular weight excluding hydrogens is 326 g/mol. The Kier molecular flexibility index (Phi) is 5.10. The van der Waals surface area contributed by atoms with Crippen molar-refractivity contribution in [1.29, 1.82) is 0 Å². The number of benzene rings is 1. The molecule has 126 valence electrons. The van der Waals surface area contributed by atoms with E-state index in [0.29, 0.717) is 23.2 Å². The molecule has 2 heterocycles. The number of fused-ring (bicyclic) bond motifs is 1. The van der Waals surface area contributed by atoms with Crippen LogP contribution in [0, 0.1) is 0 Å². The van der Waals surface area contributed by atoms with Gasteiger partial charge >= 0.3 is 0 Å². The third-order valence-electron chi connectivity index (χ3n) is 3.62. The number of nitrogens with one attached hydrogen (secondary N) is 2. The van der Waals surface area contributed by atoms with Gasteiger partial charge in [-0.2, -0.15) is 0 Å². The van der Waals surface area contributed by atoms with Gasteiger partial charge in [0.1, 0.15) is 10.6 Å². The molecular formula is C17H19N3O3S. The van der Waals surface area contributed by atoms with Crippen molar-refractivity contribution in [3.63, 3.8) is 0 Å². The number of thiazole rings is 1. The van der Waals surface area contributed by atoms with Crippen molar-refractivity contribution in [2.45, 2.75) is 26.2 Å². The minimum Gasteiger partial charge on any atom is -0.494 e. The van der Waals surface area contributed by atoms with E-state index in [2.05, 4.69) is 15.6 Å². The lowest BCUT2D eigenvalue weighted by Crippen LogP contribution is -2.21. The Labute approximate surface area is 144 Å². The van der Waals surface area contributed by atoms with Crippen molar-refractivity contribution < 1.29 is 14.3 Å². The maximum Gasteiger partial charge on any atom is 0.263 e. The van der Waals surface area contributed by atoms with E-state index in [-0.39, 0.29) is 18.2 Å². The maximum absolute atomic E-state index is 12.2. The summed E-state index contributed by atoms with van der Waals surface area (Å²) in [4.78, 5) is 29.1. The van der Waals surface area contributed by atoms with Gasteiger partial charge in [0, 0.05) is 6.54 Å². The zero-order valence-corrected chi connectivity index (χ0v) is 14.2. The van der Waals surface area contributed by atoms with Crippen LogP contribution >= 0.6 is 11.3 Å². The molecule has 24 heavy (non-hydrogen) atoms. The van der Waals surface area contributed by atoms with E-state index in [1.165, 1.54) is 11.3 Å². The Balaban J connectivity index is 1.63. The third kappa shape index (κ3) is 3.91. The number of nitrogens with zero attached hydrogens (tertiary/aromatic N) is 1. The van der Waals surface area contributed by atoms with E-state index in [1.807, 2.05) is 31.2 Å². The SMILES string of the molecule is CCOc1ccc(CC(=O)Nc2nc3c(s2)C(=O)NCCC3)cc1. The molecule has 0 saturated carbocycles. The van der Waals surface area contributed by atoms with Gasteiger partial charge in [0.05, 0.1) is 18.7 Å². The number of carbonyl (C=O) groups is 2. The van der Waals surface area contributed by atoms with Crippen molar-refractivity contribution in [2.75, 3.05) is 18.5 Å². The van der Waals surface area contributed by atoms with Crippen LogP contribution < -0.4 is 15.4 Å². The fraction of sp³-hybridized carbons (Fsp3) is 0.353. The molecule has 0 radical (unpaired) electrons. The number of rotatable bonds is 5. The second-order valence-corrected chi connectivity index (χ2v) is 6.46. The van der Waals surface area contributed by atoms with Crippen molar-refractivity contribution in [1.82, 2.24) is 10.3 Å². The molecule has 3 rings (SSSR count). The zero-order valence-electron chi connectivity index (χ0n) is 13.4. The fourth-order valence-corrected chi connectivity index (χ4v) is 3.45. The van der Waals surface area contributed by atoms with E-state index in [1.54, 1.807) is 0 Å². The highest BCUT2D eigenvalue weighted by Gasteiger charge is 2.21. The van der Waals surface area contributed by atoms with Gasteiger partial charge in [-0.3, -0.25) is 9.59 Å². The molecule has 0 unspecified atom stereocenters. The minimum absolute atomic E-state index is 0.105. The van der Waals surface area contributed by atoms with E-state index in [9.17, 15) is 9.59 Å². The highest BCUT2D eigenvalue weighted by molar-refractivity contribution is 7.17. The Morgan fingerprint density at radius 2 is 2.17 bits per heavy atom. The van der Waals surface area contributed by atoms with E-state index in [4.69, 9.17) is 4.74 Å². The van der Waals surface area contributed by atoms with E-state index in [0.717, 1.165) is 29.8 Å². The number of carbonyl (C=O) groups excluding carboxylic acids is 2. The first kappa shape index (κ1) is 16.4. The monoisotopic (exact) mass is 345 g/mol. The molecule has 1 aliphatic heterocycles. The van der Waals surface area contributed by atoms with E-state index >= 15 is 0 Å². The molecule has 0 spiro atoms. The van der Waals surface area contributed by atoms with Crippen molar-refractivity contribution in [3.05, 3.63) is 40.4 Å². The summed E-state index contributed by atoms with van der Waals surface area (Å²) in [6.07, 6.45) is 1.87. The first-order valence-electron chi connectivity index (χ1n) is 7.95. The second kappa shape index (κ2) is 7.44. The molecule has 1 aromatic carbocycles. The van der Waals surface area contributed by atoms with Gasteiger partial charge in [0.15, 0.2) is 5.13 Å². The van der Waals surface area contributed by atoms with Gasteiger partial charge in [-0.25, -0.2) is 4.98 Å². The summed E-state index contributed by atoms with van der Waals surface area (Å²) in [6.45, 7) is 3.21. The van der Waals surface area contributed by atoms with E-state index < -0.39 is 0 Å². The molecule has 1 aromatic heterocycles. The molecule has 7 heteroatoms. The topological polar surface area (TPSA) is 80.3 Å². The Morgan fingerprint density at radius 3 is 2.92 bits per heavy atom. The summed E-state index contributed by atoms with van der Waals surface area (Å²) in [7, 11) is 0. The van der Waals surface area contributed by atoms with Crippen LogP contribution in [-0.2, 0) is 17.6 Å². The molecule has 2 amide bonds. The van der Waals surface area contributed by atoms with Gasteiger partial charge < -0.3 is 15.4 Å². The van der Waals surface area contributed by atoms with Crippen LogP contribution in [0.5, 0.6) is 5.75 Å². The highest BCUT2D eigenvalue weighted by atomic mass is 32.1. The van der Waals surface area contributed by atoms with Gasteiger partial charge in [0.25, 0.3) is 5.91 Å². The van der Waals surface area contributed by atoms with Gasteiger partial charge in [-0.05, 0) is 37.5 Å². The van der Waals surface area contributed by atoms with Crippen molar-refractivity contribution in [3.8, 4) is 5.75 Å². The van der Waals surface area contributed by atoms with Crippen LogP contribution in [0.1, 0.15) is 34.3 Å². The number of ether oxygens (including phenoxy) is 1. The lowest BCUT2D eigenvalue weighted by Gasteiger charge is -2.05. The lowest BCUT2D eigenvalue weighted by molar-refractivity contribution is -0.115. The molecule has 0 bridgehead atoms. The summed E-state index contributed by atoms with van der Waals surface area (Å²) < 4.78 is 5.38. The summed E-state index contributed by atoms with van der Waals surface area (Å²) in [5, 5.41) is 6.09. The van der Waals surface area contributed by atoms with Gasteiger partial charge in [0.2, 0.25) is 5.91 Å². The lowest BCUT2D eigenvalue weighted by atomic mass is 10.1. The summed E-state index contributed by atoms with van der Waals surface area (Å²) in [5.74, 6) is 0.534. The van der Waals surface area contributed by atoms with Gasteiger partial charge in [-0.15, -0.1) is 0 Å². The standard InChI is InChI=1S/C17H19N3O3S/c1-2-23-12-7-5-11(6-8-12)10-14(21)20-17-19-13-4-3-9-18-16(22)15(13)24-17/h5-8H,2-4,9-10H2,1H3,(H,18,22)(H,19,20,21). The normalized spacial score (nSPS) is 13.6. The Morgan fingerprint density at radius 1 is 1.38 bits per heavy atom. The number of hydrogen-bond donors (Lipinski definition) is 2. The molecule has 0 fully saturated rings. The molecule has 2 N–H and O–H groups in total. The van der Waals surface area contributed by atoms with Crippen LogP contribution in [0.25, 0.3) is 0 Å². The fourth-order valence-electron chi connectivity index (χ4n) is 2.51. The Hall–Kier alpha value is -2.41. The minimum atomic E-state index is -0.150. The number of aryl methyl sites for hydroxylation is 1. The third-order valence-corrected chi connectivity index (χ3v) is 4.64.